The molecule has 1 aromatic heterocycles. The summed E-state index contributed by atoms with van der Waals surface area (Å²) >= 11 is 6.25. The molecular weight excluding hydrogens is 372 g/mol. The van der Waals surface area contributed by atoms with Crippen LogP contribution in [0.4, 0.5) is 0 Å². The molecular formula is C14H14N2O5S3. The van der Waals surface area contributed by atoms with Gasteiger partial charge in [-0.2, -0.15) is 0 Å². The molecule has 0 radical (unpaired) electrons. The fraction of sp³-hybridized carbons (Fsp3) is 0.357. The van der Waals surface area contributed by atoms with Crippen molar-refractivity contribution in [3.05, 3.63) is 29.1 Å². The molecule has 2 fully saturated rings. The van der Waals surface area contributed by atoms with Gasteiger partial charge in [-0.3, -0.25) is 14.5 Å². The van der Waals surface area contributed by atoms with Crippen LogP contribution in [0.2, 0.25) is 0 Å². The zero-order valence-electron chi connectivity index (χ0n) is 12.4. The van der Waals surface area contributed by atoms with Crippen molar-refractivity contribution in [3.8, 4) is 0 Å². The van der Waals surface area contributed by atoms with Crippen molar-refractivity contribution in [2.24, 2.45) is 0 Å². The molecule has 0 aliphatic carbocycles. The summed E-state index contributed by atoms with van der Waals surface area (Å²) < 4.78 is 28.3. The Bertz CT molecular complexity index is 813. The molecule has 3 rings (SSSR count). The predicted molar refractivity (Wildman–Crippen MR) is 93.8 cm³/mol. The third-order valence-corrected chi connectivity index (χ3v) is 6.74. The molecule has 7 nitrogen and oxygen atoms in total. The number of nitrogens with one attached hydrogen (secondary N) is 1. The summed E-state index contributed by atoms with van der Waals surface area (Å²) in [4.78, 5) is 26.0. The van der Waals surface area contributed by atoms with Crippen LogP contribution in [0.3, 0.4) is 0 Å². The lowest BCUT2D eigenvalue weighted by molar-refractivity contribution is -0.129. The third kappa shape index (κ3) is 3.87. The molecule has 1 aromatic rings. The summed E-state index contributed by atoms with van der Waals surface area (Å²) in [6.45, 7) is -0.225. The van der Waals surface area contributed by atoms with Crippen LogP contribution in [0.5, 0.6) is 0 Å². The van der Waals surface area contributed by atoms with E-state index >= 15 is 0 Å². The van der Waals surface area contributed by atoms with E-state index < -0.39 is 21.8 Å². The maximum atomic E-state index is 12.3. The fourth-order valence-electron chi connectivity index (χ4n) is 2.46. The number of amides is 2. The van der Waals surface area contributed by atoms with E-state index in [1.54, 1.807) is 18.2 Å². The summed E-state index contributed by atoms with van der Waals surface area (Å²) in [5.41, 5.74) is 0. The Morgan fingerprint density at radius 3 is 2.96 bits per heavy atom. The maximum Gasteiger partial charge on any atom is 0.266 e. The van der Waals surface area contributed by atoms with Crippen LogP contribution >= 0.6 is 24.0 Å². The number of carbonyl (C=O) groups is 2. The lowest BCUT2D eigenvalue weighted by Crippen LogP contribution is -2.43. The topological polar surface area (TPSA) is 96.7 Å². The summed E-state index contributed by atoms with van der Waals surface area (Å²) in [6.07, 6.45) is 3.46. The summed E-state index contributed by atoms with van der Waals surface area (Å²) in [6, 6.07) is 3.01. The number of sulfone groups is 1. The van der Waals surface area contributed by atoms with Crippen molar-refractivity contribution in [1.29, 1.82) is 0 Å². The van der Waals surface area contributed by atoms with E-state index in [2.05, 4.69) is 5.32 Å². The molecule has 0 saturated carbocycles. The highest BCUT2D eigenvalue weighted by atomic mass is 32.2. The first kappa shape index (κ1) is 17.2. The molecule has 2 aliphatic rings. The Morgan fingerprint density at radius 1 is 1.54 bits per heavy atom. The van der Waals surface area contributed by atoms with Gasteiger partial charge in [-0.05, 0) is 18.6 Å². The van der Waals surface area contributed by atoms with Gasteiger partial charge >= 0.3 is 0 Å². The van der Waals surface area contributed by atoms with E-state index in [9.17, 15) is 18.0 Å². The van der Waals surface area contributed by atoms with Gasteiger partial charge in [-0.25, -0.2) is 8.42 Å². The first-order valence-corrected chi connectivity index (χ1v) is 10.2. The van der Waals surface area contributed by atoms with Gasteiger partial charge in [0.05, 0.1) is 22.7 Å². The molecule has 128 valence electrons. The highest BCUT2D eigenvalue weighted by Crippen LogP contribution is 2.32. The van der Waals surface area contributed by atoms with Crippen molar-refractivity contribution in [3.63, 3.8) is 0 Å². The second-order valence-electron chi connectivity index (χ2n) is 5.45. The van der Waals surface area contributed by atoms with Crippen LogP contribution in [-0.4, -0.2) is 53.5 Å². The monoisotopic (exact) mass is 386 g/mol. The van der Waals surface area contributed by atoms with E-state index in [4.69, 9.17) is 16.6 Å². The second kappa shape index (κ2) is 6.69. The minimum atomic E-state index is -3.07. The molecule has 0 bridgehead atoms. The number of thiocarbonyl (C=S) groups is 1. The molecule has 1 N–H and O–H groups in total. The highest BCUT2D eigenvalue weighted by Gasteiger charge is 2.35. The number of carbonyl (C=O) groups excluding carboxylic acids is 2. The van der Waals surface area contributed by atoms with E-state index in [-0.39, 0.29) is 28.3 Å². The van der Waals surface area contributed by atoms with Crippen molar-refractivity contribution in [2.45, 2.75) is 12.5 Å². The number of hydrogen-bond donors (Lipinski definition) is 1. The van der Waals surface area contributed by atoms with Crippen molar-refractivity contribution in [1.82, 2.24) is 10.2 Å². The van der Waals surface area contributed by atoms with Crippen LogP contribution in [-0.2, 0) is 19.4 Å². The van der Waals surface area contributed by atoms with Gasteiger partial charge in [0, 0.05) is 12.1 Å². The van der Waals surface area contributed by atoms with E-state index in [0.29, 0.717) is 17.1 Å². The molecule has 10 heteroatoms. The average molecular weight is 386 g/mol. The fourth-order valence-corrected chi connectivity index (χ4v) is 5.37. The van der Waals surface area contributed by atoms with Crippen molar-refractivity contribution < 1.29 is 22.4 Å². The Labute approximate surface area is 148 Å². The normalized spacial score (nSPS) is 24.8. The molecule has 0 spiro atoms. The average Bonchev–Trinajstić information content (AvgIpc) is 3.17. The standard InChI is InChI=1S/C14H14N2O5S3/c17-12(15-9-3-5-24(19,20)8-9)7-16-13(18)11(23-14(16)22)6-10-2-1-4-21-10/h1-2,4,6,9H,3,5,7-8H2,(H,15,17)/b11-6-/t9-/m0/s1. The number of rotatable bonds is 4. The molecule has 3 heterocycles. The van der Waals surface area contributed by atoms with Gasteiger partial charge in [0.1, 0.15) is 16.6 Å². The number of thioether (sulfide) groups is 1. The number of furan rings is 1. The number of nitrogens with zero attached hydrogens (tertiary/aromatic N) is 1. The zero-order valence-corrected chi connectivity index (χ0v) is 14.9. The summed E-state index contributed by atoms with van der Waals surface area (Å²) in [5, 5.41) is 2.64. The Hall–Kier alpha value is -1.65. The lowest BCUT2D eigenvalue weighted by atomic mass is 10.2. The van der Waals surface area contributed by atoms with Crippen LogP contribution in [0.15, 0.2) is 27.7 Å². The third-order valence-electron chi connectivity index (χ3n) is 3.59. The molecule has 2 saturated heterocycles. The summed E-state index contributed by atoms with van der Waals surface area (Å²) in [5.74, 6) is -0.250. The van der Waals surface area contributed by atoms with Gasteiger partial charge in [0.15, 0.2) is 9.84 Å². The summed E-state index contributed by atoms with van der Waals surface area (Å²) in [7, 11) is -3.07. The van der Waals surface area contributed by atoms with Gasteiger partial charge in [0.25, 0.3) is 5.91 Å². The van der Waals surface area contributed by atoms with Gasteiger partial charge in [0.2, 0.25) is 5.91 Å². The molecule has 0 unspecified atom stereocenters. The molecule has 1 atom stereocenters. The number of hydrogen-bond acceptors (Lipinski definition) is 7. The minimum Gasteiger partial charge on any atom is -0.465 e. The van der Waals surface area contributed by atoms with Crippen LogP contribution in [0, 0.1) is 0 Å². The van der Waals surface area contributed by atoms with E-state index in [0.717, 1.165) is 11.8 Å². The second-order valence-corrected chi connectivity index (χ2v) is 9.36. The van der Waals surface area contributed by atoms with Crippen LogP contribution in [0.25, 0.3) is 6.08 Å². The van der Waals surface area contributed by atoms with Gasteiger partial charge in [-0.15, -0.1) is 0 Å². The quantitative estimate of drug-likeness (QED) is 0.603. The Morgan fingerprint density at radius 2 is 2.33 bits per heavy atom. The smallest absolute Gasteiger partial charge is 0.266 e. The largest absolute Gasteiger partial charge is 0.465 e. The minimum absolute atomic E-state index is 0.0600. The lowest BCUT2D eigenvalue weighted by Gasteiger charge is -2.16. The molecule has 24 heavy (non-hydrogen) atoms. The maximum absolute atomic E-state index is 12.3. The van der Waals surface area contributed by atoms with Gasteiger partial charge < -0.3 is 9.73 Å². The van der Waals surface area contributed by atoms with E-state index in [1.165, 1.54) is 11.2 Å². The van der Waals surface area contributed by atoms with E-state index in [1.807, 2.05) is 0 Å². The highest BCUT2D eigenvalue weighted by molar-refractivity contribution is 8.26. The Kier molecular flexibility index (Phi) is 4.79. The van der Waals surface area contributed by atoms with Crippen molar-refractivity contribution >= 4 is 56.0 Å². The zero-order chi connectivity index (χ0) is 17.3. The first-order chi connectivity index (χ1) is 11.3. The van der Waals surface area contributed by atoms with Crippen LogP contribution < -0.4 is 5.32 Å². The predicted octanol–water partition coefficient (Wildman–Crippen LogP) is 0.784. The SMILES string of the molecule is O=C(CN1C(=O)/C(=C/c2ccco2)SC1=S)N[C@H]1CCS(=O)(=O)C1. The van der Waals surface area contributed by atoms with Gasteiger partial charge in [-0.1, -0.05) is 24.0 Å². The molecule has 2 amide bonds. The van der Waals surface area contributed by atoms with Crippen LogP contribution in [0.1, 0.15) is 12.2 Å². The molecule has 2 aliphatic heterocycles. The Balaban J connectivity index is 1.62. The first-order valence-electron chi connectivity index (χ1n) is 7.13. The van der Waals surface area contributed by atoms with Crippen molar-refractivity contribution in [2.75, 3.05) is 18.1 Å². The molecule has 0 aromatic carbocycles.